The van der Waals surface area contributed by atoms with Gasteiger partial charge in [0.05, 0.1) is 14.2 Å². The second-order valence-electron chi connectivity index (χ2n) is 5.67. The van der Waals surface area contributed by atoms with Crippen LogP contribution in [0.4, 0.5) is 0 Å². The molecule has 5 nitrogen and oxygen atoms in total. The number of carbonyl (C=O) groups is 1. The SMILES string of the molecule is COc1ccc(CNCCC(=O)NC2CCCC2)cc1OC. The van der Waals surface area contributed by atoms with Gasteiger partial charge in [0, 0.05) is 25.6 Å². The third-order valence-electron chi connectivity index (χ3n) is 4.03. The molecule has 1 fully saturated rings. The van der Waals surface area contributed by atoms with Crippen molar-refractivity contribution in [3.63, 3.8) is 0 Å². The van der Waals surface area contributed by atoms with Crippen LogP contribution in [-0.4, -0.2) is 32.7 Å². The first-order chi connectivity index (χ1) is 10.7. The highest BCUT2D eigenvalue weighted by Crippen LogP contribution is 2.27. The lowest BCUT2D eigenvalue weighted by Gasteiger charge is -2.12. The molecule has 2 rings (SSSR count). The van der Waals surface area contributed by atoms with Gasteiger partial charge < -0.3 is 20.1 Å². The number of nitrogens with one attached hydrogen (secondary N) is 2. The number of ether oxygens (including phenoxy) is 2. The monoisotopic (exact) mass is 306 g/mol. The molecule has 0 atom stereocenters. The summed E-state index contributed by atoms with van der Waals surface area (Å²) in [4.78, 5) is 11.8. The van der Waals surface area contributed by atoms with Gasteiger partial charge in [0.15, 0.2) is 11.5 Å². The second-order valence-corrected chi connectivity index (χ2v) is 5.67. The zero-order valence-electron chi connectivity index (χ0n) is 13.5. The minimum atomic E-state index is 0.145. The fourth-order valence-corrected chi connectivity index (χ4v) is 2.80. The van der Waals surface area contributed by atoms with E-state index in [4.69, 9.17) is 9.47 Å². The maximum Gasteiger partial charge on any atom is 0.221 e. The Morgan fingerprint density at radius 1 is 1.18 bits per heavy atom. The molecule has 0 unspecified atom stereocenters. The Hall–Kier alpha value is -1.75. The maximum atomic E-state index is 11.8. The van der Waals surface area contributed by atoms with Gasteiger partial charge in [-0.2, -0.15) is 0 Å². The summed E-state index contributed by atoms with van der Waals surface area (Å²) >= 11 is 0. The van der Waals surface area contributed by atoms with E-state index in [0.29, 0.717) is 25.6 Å². The normalized spacial score (nSPS) is 14.8. The number of hydrogen-bond donors (Lipinski definition) is 2. The highest BCUT2D eigenvalue weighted by atomic mass is 16.5. The first-order valence-electron chi connectivity index (χ1n) is 7.94. The number of benzene rings is 1. The summed E-state index contributed by atoms with van der Waals surface area (Å²) in [7, 11) is 3.25. The van der Waals surface area contributed by atoms with Crippen LogP contribution < -0.4 is 20.1 Å². The molecule has 0 spiro atoms. The molecule has 0 radical (unpaired) electrons. The third-order valence-corrected chi connectivity index (χ3v) is 4.03. The fourth-order valence-electron chi connectivity index (χ4n) is 2.80. The minimum Gasteiger partial charge on any atom is -0.493 e. The summed E-state index contributed by atoms with van der Waals surface area (Å²) in [6, 6.07) is 6.23. The van der Waals surface area contributed by atoms with Crippen molar-refractivity contribution < 1.29 is 14.3 Å². The standard InChI is InChI=1S/C17H26N2O3/c1-21-15-8-7-13(11-16(15)22-2)12-18-10-9-17(20)19-14-5-3-4-6-14/h7-8,11,14,18H,3-6,9-10,12H2,1-2H3,(H,19,20). The van der Waals surface area contributed by atoms with Crippen LogP contribution in [0.3, 0.4) is 0 Å². The van der Waals surface area contributed by atoms with Gasteiger partial charge in [0.25, 0.3) is 0 Å². The third kappa shape index (κ3) is 4.91. The van der Waals surface area contributed by atoms with Crippen LogP contribution in [0, 0.1) is 0 Å². The average molecular weight is 306 g/mol. The Labute approximate surface area is 132 Å². The van der Waals surface area contributed by atoms with Crippen molar-refractivity contribution in [1.82, 2.24) is 10.6 Å². The molecule has 0 bridgehead atoms. The molecule has 0 aromatic heterocycles. The van der Waals surface area contributed by atoms with Crippen LogP contribution in [0.15, 0.2) is 18.2 Å². The largest absolute Gasteiger partial charge is 0.493 e. The van der Waals surface area contributed by atoms with Gasteiger partial charge in [-0.25, -0.2) is 0 Å². The quantitative estimate of drug-likeness (QED) is 0.723. The predicted molar refractivity (Wildman–Crippen MR) is 86.3 cm³/mol. The Morgan fingerprint density at radius 2 is 1.91 bits per heavy atom. The van der Waals surface area contributed by atoms with E-state index in [1.54, 1.807) is 14.2 Å². The van der Waals surface area contributed by atoms with Crippen molar-refractivity contribution in [3.8, 4) is 11.5 Å². The van der Waals surface area contributed by atoms with E-state index in [1.165, 1.54) is 12.8 Å². The molecular weight excluding hydrogens is 280 g/mol. The van der Waals surface area contributed by atoms with Gasteiger partial charge in [0.1, 0.15) is 0 Å². The molecule has 22 heavy (non-hydrogen) atoms. The maximum absolute atomic E-state index is 11.8. The van der Waals surface area contributed by atoms with Crippen LogP contribution in [0.5, 0.6) is 11.5 Å². The van der Waals surface area contributed by atoms with Crippen LogP contribution in [-0.2, 0) is 11.3 Å². The zero-order valence-corrected chi connectivity index (χ0v) is 13.5. The smallest absolute Gasteiger partial charge is 0.221 e. The number of methoxy groups -OCH3 is 2. The van der Waals surface area contributed by atoms with Crippen LogP contribution in [0.25, 0.3) is 0 Å². The molecule has 2 N–H and O–H groups in total. The minimum absolute atomic E-state index is 0.145. The lowest BCUT2D eigenvalue weighted by Crippen LogP contribution is -2.34. The molecule has 1 aliphatic rings. The first-order valence-corrected chi connectivity index (χ1v) is 7.94. The summed E-state index contributed by atoms with van der Waals surface area (Å²) in [5.41, 5.74) is 1.11. The highest BCUT2D eigenvalue weighted by molar-refractivity contribution is 5.76. The summed E-state index contributed by atoms with van der Waals surface area (Å²) in [6.07, 6.45) is 5.25. The molecule has 1 saturated carbocycles. The molecule has 1 aliphatic carbocycles. The van der Waals surface area contributed by atoms with Gasteiger partial charge in [0.2, 0.25) is 5.91 Å². The summed E-state index contributed by atoms with van der Waals surface area (Å²) in [5, 5.41) is 6.38. The molecule has 1 amide bonds. The molecule has 1 aromatic rings. The van der Waals surface area contributed by atoms with E-state index < -0.39 is 0 Å². The first kappa shape index (κ1) is 16.6. The van der Waals surface area contributed by atoms with E-state index in [0.717, 1.165) is 29.9 Å². The van der Waals surface area contributed by atoms with Crippen LogP contribution in [0.1, 0.15) is 37.7 Å². The van der Waals surface area contributed by atoms with E-state index in [-0.39, 0.29) is 5.91 Å². The predicted octanol–water partition coefficient (Wildman–Crippen LogP) is 2.24. The van der Waals surface area contributed by atoms with Crippen molar-refractivity contribution in [3.05, 3.63) is 23.8 Å². The van der Waals surface area contributed by atoms with Gasteiger partial charge in [-0.05, 0) is 30.5 Å². The Kier molecular flexibility index (Phi) is 6.52. The fraction of sp³-hybridized carbons (Fsp3) is 0.588. The van der Waals surface area contributed by atoms with Crippen molar-refractivity contribution >= 4 is 5.91 Å². The lowest BCUT2D eigenvalue weighted by atomic mass is 10.2. The molecule has 0 saturated heterocycles. The second kappa shape index (κ2) is 8.63. The van der Waals surface area contributed by atoms with Crippen LogP contribution >= 0.6 is 0 Å². The van der Waals surface area contributed by atoms with Gasteiger partial charge in [-0.1, -0.05) is 18.9 Å². The van der Waals surface area contributed by atoms with Gasteiger partial charge in [-0.3, -0.25) is 4.79 Å². The van der Waals surface area contributed by atoms with Crippen molar-refractivity contribution in [2.24, 2.45) is 0 Å². The number of rotatable bonds is 8. The Balaban J connectivity index is 1.68. The number of carbonyl (C=O) groups excluding carboxylic acids is 1. The van der Waals surface area contributed by atoms with E-state index in [2.05, 4.69) is 10.6 Å². The molecule has 1 aromatic carbocycles. The van der Waals surface area contributed by atoms with Crippen LogP contribution in [0.2, 0.25) is 0 Å². The number of hydrogen-bond acceptors (Lipinski definition) is 4. The summed E-state index contributed by atoms with van der Waals surface area (Å²) in [5.74, 6) is 1.59. The topological polar surface area (TPSA) is 59.6 Å². The number of amides is 1. The summed E-state index contributed by atoms with van der Waals surface area (Å²) in [6.45, 7) is 1.38. The van der Waals surface area contributed by atoms with Crippen molar-refractivity contribution in [2.45, 2.75) is 44.7 Å². The van der Waals surface area contributed by atoms with E-state index >= 15 is 0 Å². The molecule has 122 valence electrons. The molecule has 0 heterocycles. The molecule has 0 aliphatic heterocycles. The summed E-state index contributed by atoms with van der Waals surface area (Å²) < 4.78 is 10.5. The Morgan fingerprint density at radius 3 is 2.59 bits per heavy atom. The molecule has 5 heteroatoms. The van der Waals surface area contributed by atoms with Gasteiger partial charge >= 0.3 is 0 Å². The van der Waals surface area contributed by atoms with Crippen molar-refractivity contribution in [1.29, 1.82) is 0 Å². The highest BCUT2D eigenvalue weighted by Gasteiger charge is 2.16. The lowest BCUT2D eigenvalue weighted by molar-refractivity contribution is -0.121. The van der Waals surface area contributed by atoms with E-state index in [1.807, 2.05) is 18.2 Å². The average Bonchev–Trinajstić information content (AvgIpc) is 3.04. The Bertz CT molecular complexity index is 485. The molecular formula is C17H26N2O3. The van der Waals surface area contributed by atoms with Gasteiger partial charge in [-0.15, -0.1) is 0 Å². The van der Waals surface area contributed by atoms with E-state index in [9.17, 15) is 4.79 Å². The zero-order chi connectivity index (χ0) is 15.8. The van der Waals surface area contributed by atoms with Crippen molar-refractivity contribution in [2.75, 3.05) is 20.8 Å².